The summed E-state index contributed by atoms with van der Waals surface area (Å²) in [5.41, 5.74) is 9.79. The van der Waals surface area contributed by atoms with Crippen LogP contribution in [0.3, 0.4) is 0 Å². The monoisotopic (exact) mass is 325 g/mol. The van der Waals surface area contributed by atoms with Gasteiger partial charge in [0.25, 0.3) is 0 Å². The zero-order chi connectivity index (χ0) is 17.1. The second-order valence-electron chi connectivity index (χ2n) is 5.65. The molecule has 0 fully saturated rings. The number of nitrogens with two attached hydrogens (primary N) is 1. The molecule has 24 heavy (non-hydrogen) atoms. The summed E-state index contributed by atoms with van der Waals surface area (Å²) >= 11 is 0. The number of aryl methyl sites for hydroxylation is 1. The van der Waals surface area contributed by atoms with Crippen molar-refractivity contribution in [3.05, 3.63) is 71.7 Å². The largest absolute Gasteiger partial charge is 0.497 e. The molecule has 3 rings (SSSR count). The van der Waals surface area contributed by atoms with Crippen molar-refractivity contribution in [3.8, 4) is 17.0 Å². The van der Waals surface area contributed by atoms with Gasteiger partial charge in [-0.25, -0.2) is 4.39 Å². The van der Waals surface area contributed by atoms with E-state index in [1.807, 2.05) is 42.1 Å². The van der Waals surface area contributed by atoms with Crippen molar-refractivity contribution in [2.75, 3.05) is 13.7 Å². The summed E-state index contributed by atoms with van der Waals surface area (Å²) < 4.78 is 20.2. The first-order valence-electron chi connectivity index (χ1n) is 7.76. The van der Waals surface area contributed by atoms with Gasteiger partial charge in [-0.15, -0.1) is 0 Å². The first-order valence-corrected chi connectivity index (χ1v) is 7.76. The van der Waals surface area contributed by atoms with Crippen LogP contribution in [0.2, 0.25) is 0 Å². The maximum Gasteiger partial charge on any atom is 0.123 e. The SMILES string of the molecule is COc1cccc(C(CN)c2cc(-c3ccc(F)cc3)nn2C)c1. The van der Waals surface area contributed by atoms with E-state index in [9.17, 15) is 4.39 Å². The van der Waals surface area contributed by atoms with Crippen LogP contribution in [0.25, 0.3) is 11.3 Å². The number of halogens is 1. The first kappa shape index (κ1) is 16.2. The molecule has 1 atom stereocenters. The number of nitrogens with zero attached hydrogens (tertiary/aromatic N) is 2. The second-order valence-corrected chi connectivity index (χ2v) is 5.65. The highest BCUT2D eigenvalue weighted by Crippen LogP contribution is 2.29. The third kappa shape index (κ3) is 3.16. The van der Waals surface area contributed by atoms with E-state index in [0.29, 0.717) is 6.54 Å². The molecule has 0 spiro atoms. The summed E-state index contributed by atoms with van der Waals surface area (Å²) in [6, 6.07) is 16.2. The van der Waals surface area contributed by atoms with Gasteiger partial charge in [0, 0.05) is 30.8 Å². The predicted octanol–water partition coefficient (Wildman–Crippen LogP) is 3.33. The molecular formula is C19H20FN3O. The van der Waals surface area contributed by atoms with E-state index in [0.717, 1.165) is 28.3 Å². The molecule has 1 unspecified atom stereocenters. The van der Waals surface area contributed by atoms with E-state index >= 15 is 0 Å². The molecule has 4 nitrogen and oxygen atoms in total. The minimum Gasteiger partial charge on any atom is -0.497 e. The van der Waals surface area contributed by atoms with Gasteiger partial charge in [-0.2, -0.15) is 5.10 Å². The Hall–Kier alpha value is -2.66. The Bertz CT molecular complexity index is 827. The summed E-state index contributed by atoms with van der Waals surface area (Å²) in [5, 5.41) is 4.55. The van der Waals surface area contributed by atoms with Gasteiger partial charge in [-0.1, -0.05) is 12.1 Å². The van der Waals surface area contributed by atoms with Gasteiger partial charge in [-0.05, 0) is 48.0 Å². The highest BCUT2D eigenvalue weighted by atomic mass is 19.1. The molecule has 0 aliphatic carbocycles. The summed E-state index contributed by atoms with van der Waals surface area (Å²) in [7, 11) is 3.54. The number of methoxy groups -OCH3 is 1. The third-order valence-corrected chi connectivity index (χ3v) is 4.14. The van der Waals surface area contributed by atoms with Crippen LogP contribution < -0.4 is 10.5 Å². The molecule has 0 saturated heterocycles. The molecule has 1 heterocycles. The van der Waals surface area contributed by atoms with Crippen molar-refractivity contribution >= 4 is 0 Å². The fraction of sp³-hybridized carbons (Fsp3) is 0.211. The minimum atomic E-state index is -0.258. The van der Waals surface area contributed by atoms with Crippen LogP contribution >= 0.6 is 0 Å². The predicted molar refractivity (Wildman–Crippen MR) is 92.5 cm³/mol. The lowest BCUT2D eigenvalue weighted by molar-refractivity contribution is 0.414. The zero-order valence-corrected chi connectivity index (χ0v) is 13.7. The molecule has 124 valence electrons. The Morgan fingerprint density at radius 2 is 1.92 bits per heavy atom. The maximum absolute atomic E-state index is 13.1. The fourth-order valence-corrected chi connectivity index (χ4v) is 2.86. The lowest BCUT2D eigenvalue weighted by Gasteiger charge is -2.16. The van der Waals surface area contributed by atoms with E-state index in [4.69, 9.17) is 10.5 Å². The van der Waals surface area contributed by atoms with Crippen LogP contribution in [-0.2, 0) is 7.05 Å². The van der Waals surface area contributed by atoms with Crippen molar-refractivity contribution in [1.82, 2.24) is 9.78 Å². The Morgan fingerprint density at radius 3 is 2.58 bits per heavy atom. The molecule has 3 aromatic rings. The number of aromatic nitrogens is 2. The minimum absolute atomic E-state index is 0.00629. The molecule has 0 bridgehead atoms. The molecule has 0 radical (unpaired) electrons. The lowest BCUT2D eigenvalue weighted by atomic mass is 9.95. The molecule has 2 aromatic carbocycles. The molecule has 0 saturated carbocycles. The number of rotatable bonds is 5. The molecule has 2 N–H and O–H groups in total. The molecular weight excluding hydrogens is 305 g/mol. The normalized spacial score (nSPS) is 12.2. The van der Waals surface area contributed by atoms with Crippen LogP contribution in [0.1, 0.15) is 17.2 Å². The van der Waals surface area contributed by atoms with E-state index in [-0.39, 0.29) is 11.7 Å². The first-order chi connectivity index (χ1) is 11.6. The second kappa shape index (κ2) is 6.84. The molecule has 5 heteroatoms. The standard InChI is InChI=1S/C19H20FN3O/c1-23-19(11-18(22-23)13-6-8-15(20)9-7-13)17(12-21)14-4-3-5-16(10-14)24-2/h3-11,17H,12,21H2,1-2H3. The van der Waals surface area contributed by atoms with Crippen LogP contribution in [0.15, 0.2) is 54.6 Å². The van der Waals surface area contributed by atoms with Gasteiger partial charge in [-0.3, -0.25) is 4.68 Å². The maximum atomic E-state index is 13.1. The Balaban J connectivity index is 1.99. The molecule has 1 aromatic heterocycles. The Kier molecular flexibility index (Phi) is 4.62. The number of hydrogen-bond donors (Lipinski definition) is 1. The van der Waals surface area contributed by atoms with Crippen molar-refractivity contribution in [3.63, 3.8) is 0 Å². The molecule has 0 aliphatic rings. The fourth-order valence-electron chi connectivity index (χ4n) is 2.86. The molecule has 0 aliphatic heterocycles. The number of benzene rings is 2. The van der Waals surface area contributed by atoms with E-state index < -0.39 is 0 Å². The third-order valence-electron chi connectivity index (χ3n) is 4.14. The van der Waals surface area contributed by atoms with Gasteiger partial charge in [0.1, 0.15) is 11.6 Å². The summed E-state index contributed by atoms with van der Waals surface area (Å²) in [6.07, 6.45) is 0. The Labute approximate surface area is 140 Å². The summed E-state index contributed by atoms with van der Waals surface area (Å²) in [6.45, 7) is 0.454. The summed E-state index contributed by atoms with van der Waals surface area (Å²) in [4.78, 5) is 0. The number of ether oxygens (including phenoxy) is 1. The topological polar surface area (TPSA) is 53.1 Å². The van der Waals surface area contributed by atoms with Crippen molar-refractivity contribution in [2.45, 2.75) is 5.92 Å². The van der Waals surface area contributed by atoms with Gasteiger partial charge in [0.05, 0.1) is 12.8 Å². The van der Waals surface area contributed by atoms with E-state index in [1.54, 1.807) is 19.2 Å². The van der Waals surface area contributed by atoms with Gasteiger partial charge in [0.2, 0.25) is 0 Å². The zero-order valence-electron chi connectivity index (χ0n) is 13.7. The van der Waals surface area contributed by atoms with Gasteiger partial charge in [0.15, 0.2) is 0 Å². The quantitative estimate of drug-likeness (QED) is 0.783. The van der Waals surface area contributed by atoms with Crippen LogP contribution in [0.4, 0.5) is 4.39 Å². The van der Waals surface area contributed by atoms with Crippen molar-refractivity contribution < 1.29 is 9.13 Å². The van der Waals surface area contributed by atoms with Crippen LogP contribution in [0, 0.1) is 5.82 Å². The summed E-state index contributed by atoms with van der Waals surface area (Å²) in [5.74, 6) is 0.546. The van der Waals surface area contributed by atoms with E-state index in [2.05, 4.69) is 5.10 Å². The number of hydrogen-bond acceptors (Lipinski definition) is 3. The average Bonchev–Trinajstić information content (AvgIpc) is 2.98. The highest BCUT2D eigenvalue weighted by Gasteiger charge is 2.19. The van der Waals surface area contributed by atoms with Crippen molar-refractivity contribution in [1.29, 1.82) is 0 Å². The van der Waals surface area contributed by atoms with Gasteiger partial charge < -0.3 is 10.5 Å². The van der Waals surface area contributed by atoms with Crippen molar-refractivity contribution in [2.24, 2.45) is 12.8 Å². The lowest BCUT2D eigenvalue weighted by Crippen LogP contribution is -2.17. The molecule has 0 amide bonds. The highest BCUT2D eigenvalue weighted by molar-refractivity contribution is 5.60. The van der Waals surface area contributed by atoms with Crippen LogP contribution in [-0.4, -0.2) is 23.4 Å². The van der Waals surface area contributed by atoms with Gasteiger partial charge >= 0.3 is 0 Å². The smallest absolute Gasteiger partial charge is 0.123 e. The van der Waals surface area contributed by atoms with E-state index in [1.165, 1.54) is 12.1 Å². The van der Waals surface area contributed by atoms with Crippen LogP contribution in [0.5, 0.6) is 5.75 Å². The Morgan fingerprint density at radius 1 is 1.17 bits per heavy atom. The average molecular weight is 325 g/mol.